The van der Waals surface area contributed by atoms with Gasteiger partial charge in [-0.3, -0.25) is 4.79 Å². The Labute approximate surface area is 266 Å². The second kappa shape index (κ2) is 13.6. The van der Waals surface area contributed by atoms with E-state index in [1.807, 2.05) is 0 Å². The third kappa shape index (κ3) is 7.60. The monoisotopic (exact) mass is 684 g/mol. The van der Waals surface area contributed by atoms with Gasteiger partial charge < -0.3 is 34.4 Å². The number of nitrogens with one attached hydrogen (secondary N) is 1. The molecule has 48 heavy (non-hydrogen) atoms. The Bertz CT molecular complexity index is 1760. The van der Waals surface area contributed by atoms with Crippen molar-refractivity contribution in [3.63, 3.8) is 0 Å². The van der Waals surface area contributed by atoms with Crippen molar-refractivity contribution in [1.82, 2.24) is 20.6 Å². The first-order chi connectivity index (χ1) is 22.6. The second-order valence-electron chi connectivity index (χ2n) is 11.0. The van der Waals surface area contributed by atoms with E-state index in [1.54, 1.807) is 36.4 Å². The predicted molar refractivity (Wildman–Crippen MR) is 150 cm³/mol. The lowest BCUT2D eigenvalue weighted by atomic mass is 9.85. The van der Waals surface area contributed by atoms with Gasteiger partial charge in [-0.15, -0.1) is 0 Å². The van der Waals surface area contributed by atoms with Crippen LogP contribution in [0.5, 0.6) is 5.75 Å². The Hall–Kier alpha value is -4.97. The van der Waals surface area contributed by atoms with E-state index in [0.29, 0.717) is 29.7 Å². The highest BCUT2D eigenvalue weighted by atomic mass is 19.4. The van der Waals surface area contributed by atoms with E-state index in [0.717, 1.165) is 12.8 Å². The van der Waals surface area contributed by atoms with Crippen LogP contribution in [0.3, 0.4) is 0 Å². The standard InChI is InChI=1S/C28H25F3N4O6.C2HF3O2/c29-28(30,31)21-22(14-5-2-1-3-6-14)34-40-24(21)26-33-25(35-41-26)15-9-10-18-20(12-15)39-13-19(23(18)36)32-17-8-4-7-16(11-17)27(37)38;3-2(4,5)1(6)7/h1-3,5-6,9-10,12,16-17,19,23,32,36H,4,7-8,11,13H2,(H,37,38);(H,6,7)/t16-,17-,19-,23+;/m0./s1. The number of aromatic nitrogens is 3. The molecule has 4 atom stereocenters. The van der Waals surface area contributed by atoms with Crippen molar-refractivity contribution < 1.29 is 65.0 Å². The topological polar surface area (TPSA) is 181 Å². The number of nitrogens with zero attached hydrogens (tertiary/aromatic N) is 3. The molecule has 0 unspecified atom stereocenters. The van der Waals surface area contributed by atoms with E-state index in [2.05, 4.69) is 20.6 Å². The minimum atomic E-state index is -5.08. The molecule has 1 saturated carbocycles. The number of aliphatic hydroxyl groups excluding tert-OH is 1. The zero-order chi connectivity index (χ0) is 34.8. The fourth-order valence-corrected chi connectivity index (χ4v) is 5.46. The van der Waals surface area contributed by atoms with Gasteiger partial charge in [0.2, 0.25) is 11.6 Å². The van der Waals surface area contributed by atoms with E-state index in [4.69, 9.17) is 23.7 Å². The molecular weight excluding hydrogens is 658 g/mol. The van der Waals surface area contributed by atoms with Crippen molar-refractivity contribution >= 4 is 11.9 Å². The predicted octanol–water partition coefficient (Wildman–Crippen LogP) is 5.74. The molecule has 1 aliphatic heterocycles. The van der Waals surface area contributed by atoms with Crippen LogP contribution in [0.15, 0.2) is 57.6 Å². The maximum atomic E-state index is 14.0. The Morgan fingerprint density at radius 1 is 0.917 bits per heavy atom. The molecule has 2 aliphatic rings. The Morgan fingerprint density at radius 3 is 2.27 bits per heavy atom. The largest absolute Gasteiger partial charge is 0.491 e. The van der Waals surface area contributed by atoms with E-state index in [9.17, 15) is 41.4 Å². The average Bonchev–Trinajstić information content (AvgIpc) is 3.71. The lowest BCUT2D eigenvalue weighted by Crippen LogP contribution is -2.49. The van der Waals surface area contributed by atoms with Gasteiger partial charge in [0, 0.05) is 22.7 Å². The lowest BCUT2D eigenvalue weighted by molar-refractivity contribution is -0.192. The van der Waals surface area contributed by atoms with Gasteiger partial charge in [0.1, 0.15) is 29.7 Å². The first-order valence-corrected chi connectivity index (χ1v) is 14.3. The minimum Gasteiger partial charge on any atom is -0.491 e. The van der Waals surface area contributed by atoms with Gasteiger partial charge in [-0.2, -0.15) is 31.3 Å². The molecule has 2 aromatic heterocycles. The highest BCUT2D eigenvalue weighted by Gasteiger charge is 2.43. The smallest absolute Gasteiger partial charge is 0.490 e. The average molecular weight is 685 g/mol. The molecule has 1 fully saturated rings. The number of alkyl halides is 6. The number of fused-ring (bicyclic) bond motifs is 1. The van der Waals surface area contributed by atoms with E-state index in [-0.39, 0.29) is 29.7 Å². The maximum absolute atomic E-state index is 14.0. The fourth-order valence-electron chi connectivity index (χ4n) is 5.46. The number of rotatable bonds is 6. The summed E-state index contributed by atoms with van der Waals surface area (Å²) in [6.07, 6.45) is -8.08. The lowest BCUT2D eigenvalue weighted by Gasteiger charge is -2.36. The van der Waals surface area contributed by atoms with Crippen molar-refractivity contribution in [2.45, 2.75) is 56.2 Å². The van der Waals surface area contributed by atoms with Crippen LogP contribution >= 0.6 is 0 Å². The molecule has 12 nitrogen and oxygen atoms in total. The number of carboxylic acids is 2. The summed E-state index contributed by atoms with van der Waals surface area (Å²) < 4.78 is 89.9. The number of halogens is 6. The molecule has 3 heterocycles. The molecule has 4 aromatic rings. The van der Waals surface area contributed by atoms with Gasteiger partial charge in [0.15, 0.2) is 0 Å². The number of carbonyl (C=O) groups is 2. The van der Waals surface area contributed by atoms with Gasteiger partial charge in [-0.05, 0) is 25.3 Å². The fraction of sp³-hybridized carbons (Fsp3) is 0.367. The molecule has 1 aliphatic carbocycles. The number of ether oxygens (including phenoxy) is 1. The van der Waals surface area contributed by atoms with Crippen molar-refractivity contribution in [3.8, 4) is 40.0 Å². The van der Waals surface area contributed by atoms with Gasteiger partial charge >= 0.3 is 24.3 Å². The van der Waals surface area contributed by atoms with Crippen LogP contribution in [0.4, 0.5) is 26.3 Å². The van der Waals surface area contributed by atoms with Crippen molar-refractivity contribution in [2.24, 2.45) is 5.92 Å². The van der Waals surface area contributed by atoms with Gasteiger partial charge in [-0.1, -0.05) is 59.2 Å². The number of hydrogen-bond acceptors (Lipinski definition) is 10. The normalized spacial score (nSPS) is 21.0. The van der Waals surface area contributed by atoms with E-state index in [1.165, 1.54) is 12.1 Å². The molecule has 256 valence electrons. The van der Waals surface area contributed by atoms with Crippen LogP contribution in [0.1, 0.15) is 42.9 Å². The van der Waals surface area contributed by atoms with Crippen LogP contribution in [0.25, 0.3) is 34.3 Å². The summed E-state index contributed by atoms with van der Waals surface area (Å²) in [6.45, 7) is 0.138. The summed E-state index contributed by atoms with van der Waals surface area (Å²) in [5, 5.41) is 38.3. The molecule has 4 N–H and O–H groups in total. The molecular formula is C30H26F6N4O8. The van der Waals surface area contributed by atoms with Crippen molar-refractivity contribution in [2.75, 3.05) is 6.61 Å². The number of hydrogen-bond donors (Lipinski definition) is 4. The van der Waals surface area contributed by atoms with Gasteiger partial charge in [0.25, 0.3) is 5.89 Å². The molecule has 6 rings (SSSR count). The summed E-state index contributed by atoms with van der Waals surface area (Å²) in [5.74, 6) is -4.80. The molecule has 18 heteroatoms. The number of aliphatic carboxylic acids is 2. The Morgan fingerprint density at radius 2 is 1.62 bits per heavy atom. The zero-order valence-corrected chi connectivity index (χ0v) is 24.5. The molecule has 0 saturated heterocycles. The highest BCUT2D eigenvalue weighted by molar-refractivity contribution is 5.73. The zero-order valence-electron chi connectivity index (χ0n) is 24.5. The van der Waals surface area contributed by atoms with Crippen molar-refractivity contribution in [1.29, 1.82) is 0 Å². The van der Waals surface area contributed by atoms with Crippen LogP contribution in [0, 0.1) is 5.92 Å². The van der Waals surface area contributed by atoms with Crippen molar-refractivity contribution in [3.05, 3.63) is 59.7 Å². The summed E-state index contributed by atoms with van der Waals surface area (Å²) in [4.78, 5) is 24.4. The minimum absolute atomic E-state index is 0.00570. The van der Waals surface area contributed by atoms with Crippen LogP contribution in [0.2, 0.25) is 0 Å². The Balaban J connectivity index is 0.000000582. The Kier molecular flexibility index (Phi) is 9.76. The highest BCUT2D eigenvalue weighted by Crippen LogP contribution is 2.43. The molecule has 0 amide bonds. The molecule has 0 bridgehead atoms. The first-order valence-electron chi connectivity index (χ1n) is 14.3. The number of benzene rings is 2. The summed E-state index contributed by atoms with van der Waals surface area (Å²) in [6, 6.07) is 12.1. The summed E-state index contributed by atoms with van der Waals surface area (Å²) in [7, 11) is 0. The quantitative estimate of drug-likeness (QED) is 0.181. The van der Waals surface area contributed by atoms with E-state index >= 15 is 0 Å². The van der Waals surface area contributed by atoms with E-state index < -0.39 is 59.6 Å². The van der Waals surface area contributed by atoms with Gasteiger partial charge in [0.05, 0.1) is 12.0 Å². The number of carboxylic acid groups (broad SMARTS) is 2. The first kappa shape index (κ1) is 34.4. The summed E-state index contributed by atoms with van der Waals surface area (Å²) in [5.41, 5.74) is -0.391. The third-order valence-corrected chi connectivity index (χ3v) is 7.75. The molecule has 0 spiro atoms. The molecule has 2 aromatic carbocycles. The third-order valence-electron chi connectivity index (χ3n) is 7.75. The van der Waals surface area contributed by atoms with Crippen LogP contribution < -0.4 is 10.1 Å². The van der Waals surface area contributed by atoms with Gasteiger partial charge in [-0.25, -0.2) is 4.79 Å². The van der Waals surface area contributed by atoms with Crippen LogP contribution in [-0.4, -0.2) is 67.4 Å². The maximum Gasteiger partial charge on any atom is 0.490 e. The molecule has 0 radical (unpaired) electrons. The van der Waals surface area contributed by atoms with Crippen LogP contribution in [-0.2, 0) is 15.8 Å². The SMILES string of the molecule is O=C(O)C(F)(F)F.O=C(O)[C@H]1CCC[C@H](N[C@H]2COc3cc(-c4noc(-c5onc(-c6ccccc6)c5C(F)(F)F)n4)ccc3[C@H]2O)C1. The number of aliphatic hydroxyl groups is 1. The summed E-state index contributed by atoms with van der Waals surface area (Å²) >= 11 is 0. The second-order valence-corrected chi connectivity index (χ2v) is 11.0.